The molecule has 0 amide bonds. The van der Waals surface area contributed by atoms with Crippen molar-refractivity contribution in [2.24, 2.45) is 0 Å². The minimum Gasteiger partial charge on any atom is -0.354 e. The van der Waals surface area contributed by atoms with E-state index in [0.717, 1.165) is 27.3 Å². The number of H-pyrrole nitrogens is 1. The molecule has 0 radical (unpaired) electrons. The summed E-state index contributed by atoms with van der Waals surface area (Å²) in [5.74, 6) is 0. The predicted molar refractivity (Wildman–Crippen MR) is 209 cm³/mol. The molecular formula is C46H29ClN2. The molecule has 230 valence electrons. The Morgan fingerprint density at radius 3 is 1.96 bits per heavy atom. The van der Waals surface area contributed by atoms with Gasteiger partial charge in [0.15, 0.2) is 0 Å². The maximum absolute atomic E-state index is 6.34. The zero-order valence-corrected chi connectivity index (χ0v) is 27.2. The van der Waals surface area contributed by atoms with Crippen molar-refractivity contribution in [2.45, 2.75) is 0 Å². The zero-order chi connectivity index (χ0) is 32.5. The number of para-hydroxylation sites is 1. The summed E-state index contributed by atoms with van der Waals surface area (Å²) in [6.45, 7) is 0. The van der Waals surface area contributed by atoms with E-state index in [1.54, 1.807) is 0 Å². The molecule has 8 aromatic carbocycles. The van der Waals surface area contributed by atoms with Crippen LogP contribution in [0.4, 0.5) is 0 Å². The van der Waals surface area contributed by atoms with Crippen molar-refractivity contribution in [3.63, 3.8) is 0 Å². The van der Waals surface area contributed by atoms with Gasteiger partial charge < -0.3 is 9.55 Å². The number of fused-ring (bicyclic) bond motifs is 8. The fourth-order valence-corrected chi connectivity index (χ4v) is 7.90. The minimum atomic E-state index is 0.742. The molecule has 0 spiro atoms. The number of nitrogens with one attached hydrogen (secondary N) is 1. The van der Waals surface area contributed by atoms with Crippen LogP contribution in [-0.4, -0.2) is 9.55 Å². The first-order chi connectivity index (χ1) is 24.2. The van der Waals surface area contributed by atoms with Crippen LogP contribution in [0.25, 0.3) is 93.5 Å². The summed E-state index contributed by atoms with van der Waals surface area (Å²) in [6.07, 6.45) is 0. The van der Waals surface area contributed by atoms with Crippen LogP contribution in [0.5, 0.6) is 0 Å². The first-order valence-electron chi connectivity index (χ1n) is 16.6. The highest BCUT2D eigenvalue weighted by atomic mass is 35.5. The van der Waals surface area contributed by atoms with Gasteiger partial charge in [-0.05, 0) is 92.7 Å². The van der Waals surface area contributed by atoms with Gasteiger partial charge in [-0.3, -0.25) is 0 Å². The van der Waals surface area contributed by atoms with Crippen molar-refractivity contribution >= 4 is 66.0 Å². The number of aromatic nitrogens is 2. The molecule has 0 aliphatic heterocycles. The molecule has 49 heavy (non-hydrogen) atoms. The van der Waals surface area contributed by atoms with Crippen LogP contribution in [0.15, 0.2) is 170 Å². The lowest BCUT2D eigenvalue weighted by Crippen LogP contribution is -1.93. The van der Waals surface area contributed by atoms with E-state index in [-0.39, 0.29) is 0 Å². The molecule has 2 nitrogen and oxygen atoms in total. The van der Waals surface area contributed by atoms with Crippen molar-refractivity contribution in [3.05, 3.63) is 175 Å². The monoisotopic (exact) mass is 644 g/mol. The number of hydrogen-bond donors (Lipinski definition) is 1. The lowest BCUT2D eigenvalue weighted by Gasteiger charge is -2.11. The fraction of sp³-hybridized carbons (Fsp3) is 0. The van der Waals surface area contributed by atoms with Gasteiger partial charge in [-0.2, -0.15) is 0 Å². The van der Waals surface area contributed by atoms with Gasteiger partial charge in [0.25, 0.3) is 0 Å². The lowest BCUT2D eigenvalue weighted by atomic mass is 9.93. The van der Waals surface area contributed by atoms with Crippen LogP contribution < -0.4 is 0 Å². The quantitative estimate of drug-likeness (QED) is 0.197. The molecule has 10 aromatic rings. The average molecular weight is 645 g/mol. The van der Waals surface area contributed by atoms with Crippen LogP contribution in [0.1, 0.15) is 0 Å². The van der Waals surface area contributed by atoms with Crippen LogP contribution >= 0.6 is 11.6 Å². The SMILES string of the molecule is Clc1cccc(-c2ccccc2-c2ccc(-c3ccc4c(c3)[nH]c3cc5c(cc34)c3c4ccccc4ccc3n5-c3ccccc3)cc2)c1. The molecule has 0 saturated carbocycles. The van der Waals surface area contributed by atoms with E-state index >= 15 is 0 Å². The second-order valence-electron chi connectivity index (χ2n) is 12.8. The summed E-state index contributed by atoms with van der Waals surface area (Å²) in [5.41, 5.74) is 12.9. The Morgan fingerprint density at radius 1 is 0.408 bits per heavy atom. The maximum Gasteiger partial charge on any atom is 0.0562 e. The minimum absolute atomic E-state index is 0.742. The average Bonchev–Trinajstić information content (AvgIpc) is 3.68. The second kappa shape index (κ2) is 11.0. The predicted octanol–water partition coefficient (Wildman–Crippen LogP) is 13.2. The van der Waals surface area contributed by atoms with E-state index in [2.05, 4.69) is 161 Å². The third-order valence-electron chi connectivity index (χ3n) is 9.98. The van der Waals surface area contributed by atoms with Gasteiger partial charge in [0.05, 0.1) is 11.0 Å². The highest BCUT2D eigenvalue weighted by molar-refractivity contribution is 6.31. The van der Waals surface area contributed by atoms with E-state index in [0.29, 0.717) is 0 Å². The van der Waals surface area contributed by atoms with E-state index in [1.807, 2.05) is 18.2 Å². The molecule has 3 heteroatoms. The largest absolute Gasteiger partial charge is 0.354 e. The van der Waals surface area contributed by atoms with Crippen LogP contribution in [0.3, 0.4) is 0 Å². The first kappa shape index (κ1) is 28.0. The smallest absolute Gasteiger partial charge is 0.0562 e. The van der Waals surface area contributed by atoms with Crippen molar-refractivity contribution in [1.29, 1.82) is 0 Å². The first-order valence-corrected chi connectivity index (χ1v) is 17.0. The Kier molecular flexibility index (Phi) is 6.27. The Hall–Kier alpha value is -6.09. The lowest BCUT2D eigenvalue weighted by molar-refractivity contribution is 1.18. The molecule has 0 unspecified atom stereocenters. The maximum atomic E-state index is 6.34. The van der Waals surface area contributed by atoms with Gasteiger partial charge in [0, 0.05) is 43.3 Å². The highest BCUT2D eigenvalue weighted by Crippen LogP contribution is 2.41. The van der Waals surface area contributed by atoms with E-state index in [9.17, 15) is 0 Å². The zero-order valence-electron chi connectivity index (χ0n) is 26.5. The third-order valence-corrected chi connectivity index (χ3v) is 10.2. The molecule has 0 atom stereocenters. The van der Waals surface area contributed by atoms with E-state index in [1.165, 1.54) is 71.2 Å². The second-order valence-corrected chi connectivity index (χ2v) is 13.2. The summed E-state index contributed by atoms with van der Waals surface area (Å²) in [4.78, 5) is 3.78. The van der Waals surface area contributed by atoms with Gasteiger partial charge in [-0.15, -0.1) is 0 Å². The fourth-order valence-electron chi connectivity index (χ4n) is 7.71. The summed E-state index contributed by atoms with van der Waals surface area (Å²) in [5, 5.41) is 8.30. The number of nitrogens with zero attached hydrogens (tertiary/aromatic N) is 1. The summed E-state index contributed by atoms with van der Waals surface area (Å²) >= 11 is 6.34. The Balaban J connectivity index is 1.10. The molecule has 0 fully saturated rings. The Bertz CT molecular complexity index is 2880. The third kappa shape index (κ3) is 4.49. The molecule has 2 aromatic heterocycles. The Labute approximate surface area is 288 Å². The van der Waals surface area contributed by atoms with Crippen molar-refractivity contribution in [1.82, 2.24) is 9.55 Å². The van der Waals surface area contributed by atoms with Crippen LogP contribution in [0, 0.1) is 0 Å². The molecular weight excluding hydrogens is 616 g/mol. The number of aromatic amines is 1. The molecule has 0 aliphatic rings. The Morgan fingerprint density at radius 2 is 1.12 bits per heavy atom. The van der Waals surface area contributed by atoms with Gasteiger partial charge in [0.1, 0.15) is 0 Å². The van der Waals surface area contributed by atoms with Crippen molar-refractivity contribution < 1.29 is 0 Å². The van der Waals surface area contributed by atoms with Crippen molar-refractivity contribution in [2.75, 3.05) is 0 Å². The van der Waals surface area contributed by atoms with Crippen LogP contribution in [0.2, 0.25) is 5.02 Å². The standard InChI is InChI=1S/C46H29ClN2/c47-34-11-8-10-33(25-34)37-15-7-6-14-36(37)31-19-17-29(18-20-31)32-21-23-39-40-27-41-45(28-43(40)48-42(39)26-32)49(35-12-2-1-3-13-35)44-24-22-30-9-4-5-16-38(30)46(41)44/h1-28,48H. The van der Waals surface area contributed by atoms with E-state index < -0.39 is 0 Å². The molecule has 0 bridgehead atoms. The van der Waals surface area contributed by atoms with Gasteiger partial charge in [-0.25, -0.2) is 0 Å². The van der Waals surface area contributed by atoms with Crippen molar-refractivity contribution in [3.8, 4) is 39.1 Å². The molecule has 0 saturated heterocycles. The number of hydrogen-bond acceptors (Lipinski definition) is 0. The summed E-state index contributed by atoms with van der Waals surface area (Å²) < 4.78 is 2.40. The molecule has 10 rings (SSSR count). The number of halogens is 1. The number of benzene rings is 8. The topological polar surface area (TPSA) is 20.7 Å². The summed E-state index contributed by atoms with van der Waals surface area (Å²) in [7, 11) is 0. The molecule has 1 N–H and O–H groups in total. The van der Waals surface area contributed by atoms with Gasteiger partial charge >= 0.3 is 0 Å². The number of rotatable bonds is 4. The van der Waals surface area contributed by atoms with Crippen LogP contribution in [-0.2, 0) is 0 Å². The molecule has 2 heterocycles. The van der Waals surface area contributed by atoms with Gasteiger partial charge in [0.2, 0.25) is 0 Å². The summed E-state index contributed by atoms with van der Waals surface area (Å²) in [6, 6.07) is 60.9. The highest BCUT2D eigenvalue weighted by Gasteiger charge is 2.18. The normalized spacial score (nSPS) is 11.8. The molecule has 0 aliphatic carbocycles. The van der Waals surface area contributed by atoms with E-state index in [4.69, 9.17) is 11.6 Å². The van der Waals surface area contributed by atoms with Gasteiger partial charge in [-0.1, -0.05) is 133 Å².